The largest absolute Gasteiger partial charge is 0.481 e. The summed E-state index contributed by atoms with van der Waals surface area (Å²) in [5.74, 6) is -2.81. The molecule has 0 aliphatic carbocycles. The molecule has 0 saturated heterocycles. The SMILES string of the molecule is CC(C(=O)O)c1coc(C(F)F)n1. The van der Waals surface area contributed by atoms with E-state index in [0.717, 1.165) is 6.26 Å². The van der Waals surface area contributed by atoms with Crippen molar-refractivity contribution in [2.45, 2.75) is 19.3 Å². The van der Waals surface area contributed by atoms with E-state index in [1.807, 2.05) is 0 Å². The number of oxazole rings is 1. The number of nitrogens with zero attached hydrogens (tertiary/aromatic N) is 1. The maximum atomic E-state index is 11.9. The zero-order valence-corrected chi connectivity index (χ0v) is 6.70. The Morgan fingerprint density at radius 1 is 1.69 bits per heavy atom. The molecule has 0 amide bonds. The van der Waals surface area contributed by atoms with Crippen LogP contribution >= 0.6 is 0 Å². The lowest BCUT2D eigenvalue weighted by Gasteiger charge is -1.98. The number of aliphatic carboxylic acids is 1. The van der Waals surface area contributed by atoms with Gasteiger partial charge in [-0.3, -0.25) is 4.79 Å². The van der Waals surface area contributed by atoms with Crippen LogP contribution in [0.1, 0.15) is 30.9 Å². The third kappa shape index (κ3) is 2.01. The predicted molar refractivity (Wildman–Crippen MR) is 37.5 cm³/mol. The molecular formula is C7H7F2NO3. The van der Waals surface area contributed by atoms with Crippen LogP contribution in [0, 0.1) is 0 Å². The smallest absolute Gasteiger partial charge is 0.313 e. The lowest BCUT2D eigenvalue weighted by molar-refractivity contribution is -0.138. The summed E-state index contributed by atoms with van der Waals surface area (Å²) < 4.78 is 28.3. The average Bonchev–Trinajstić information content (AvgIpc) is 2.50. The zero-order valence-electron chi connectivity index (χ0n) is 6.70. The molecule has 0 fully saturated rings. The van der Waals surface area contributed by atoms with E-state index in [1.54, 1.807) is 0 Å². The second-order valence-corrected chi connectivity index (χ2v) is 2.47. The van der Waals surface area contributed by atoms with E-state index in [1.165, 1.54) is 6.92 Å². The van der Waals surface area contributed by atoms with Crippen molar-refractivity contribution in [1.29, 1.82) is 0 Å². The Morgan fingerprint density at radius 2 is 2.31 bits per heavy atom. The molecule has 4 nitrogen and oxygen atoms in total. The zero-order chi connectivity index (χ0) is 10.0. The van der Waals surface area contributed by atoms with Gasteiger partial charge < -0.3 is 9.52 Å². The Kier molecular flexibility index (Phi) is 2.60. The van der Waals surface area contributed by atoms with Crippen molar-refractivity contribution in [1.82, 2.24) is 4.98 Å². The average molecular weight is 191 g/mol. The Hall–Kier alpha value is -1.46. The number of halogens is 2. The fourth-order valence-corrected chi connectivity index (χ4v) is 0.726. The Labute approximate surface area is 72.2 Å². The van der Waals surface area contributed by atoms with E-state index < -0.39 is 24.2 Å². The van der Waals surface area contributed by atoms with Gasteiger partial charge in [-0.1, -0.05) is 0 Å². The van der Waals surface area contributed by atoms with Gasteiger partial charge in [0.25, 0.3) is 5.89 Å². The van der Waals surface area contributed by atoms with Crippen LogP contribution in [0.15, 0.2) is 10.7 Å². The molecule has 6 heteroatoms. The maximum absolute atomic E-state index is 11.9. The van der Waals surface area contributed by atoms with Gasteiger partial charge in [-0.2, -0.15) is 8.78 Å². The van der Waals surface area contributed by atoms with E-state index in [4.69, 9.17) is 5.11 Å². The van der Waals surface area contributed by atoms with Crippen LogP contribution in [0.5, 0.6) is 0 Å². The highest BCUT2D eigenvalue weighted by molar-refractivity contribution is 5.74. The van der Waals surface area contributed by atoms with Crippen LogP contribution in [0.25, 0.3) is 0 Å². The minimum atomic E-state index is -2.81. The fourth-order valence-electron chi connectivity index (χ4n) is 0.726. The van der Waals surface area contributed by atoms with Gasteiger partial charge in [-0.05, 0) is 6.92 Å². The van der Waals surface area contributed by atoms with Crippen LogP contribution in [-0.4, -0.2) is 16.1 Å². The number of aromatic nitrogens is 1. The van der Waals surface area contributed by atoms with Gasteiger partial charge in [0.15, 0.2) is 0 Å². The summed E-state index contributed by atoms with van der Waals surface area (Å²) >= 11 is 0. The number of carboxylic acid groups (broad SMARTS) is 1. The molecular weight excluding hydrogens is 184 g/mol. The van der Waals surface area contributed by atoms with Gasteiger partial charge in [0.2, 0.25) is 0 Å². The van der Waals surface area contributed by atoms with E-state index in [0.29, 0.717) is 0 Å². The van der Waals surface area contributed by atoms with E-state index >= 15 is 0 Å². The first-order valence-corrected chi connectivity index (χ1v) is 3.48. The number of carbonyl (C=O) groups is 1. The van der Waals surface area contributed by atoms with Gasteiger partial charge in [-0.25, -0.2) is 4.98 Å². The van der Waals surface area contributed by atoms with Crippen molar-refractivity contribution in [3.8, 4) is 0 Å². The van der Waals surface area contributed by atoms with Crippen molar-refractivity contribution in [2.24, 2.45) is 0 Å². The first-order chi connectivity index (χ1) is 6.02. The number of carboxylic acids is 1. The van der Waals surface area contributed by atoms with Crippen molar-refractivity contribution in [3.05, 3.63) is 17.8 Å². The summed E-state index contributed by atoms with van der Waals surface area (Å²) in [7, 11) is 0. The molecule has 0 spiro atoms. The minimum absolute atomic E-state index is 0.00259. The molecule has 1 heterocycles. The second-order valence-electron chi connectivity index (χ2n) is 2.47. The van der Waals surface area contributed by atoms with Crippen LogP contribution in [0.4, 0.5) is 8.78 Å². The van der Waals surface area contributed by atoms with Crippen LogP contribution in [0.3, 0.4) is 0 Å². The first-order valence-electron chi connectivity index (χ1n) is 3.48. The van der Waals surface area contributed by atoms with Crippen LogP contribution in [0.2, 0.25) is 0 Å². The molecule has 0 bridgehead atoms. The molecule has 13 heavy (non-hydrogen) atoms. The number of hydrogen-bond donors (Lipinski definition) is 1. The van der Waals surface area contributed by atoms with Crippen molar-refractivity contribution < 1.29 is 23.1 Å². The molecule has 1 rings (SSSR count). The van der Waals surface area contributed by atoms with E-state index in [-0.39, 0.29) is 5.69 Å². The lowest BCUT2D eigenvalue weighted by atomic mass is 10.1. The summed E-state index contributed by atoms with van der Waals surface area (Å²) in [6.07, 6.45) is -1.88. The van der Waals surface area contributed by atoms with Gasteiger partial charge >= 0.3 is 12.4 Å². The molecule has 72 valence electrons. The Balaban J connectivity index is 2.85. The van der Waals surface area contributed by atoms with E-state index in [9.17, 15) is 13.6 Å². The molecule has 1 atom stereocenters. The van der Waals surface area contributed by atoms with Crippen molar-refractivity contribution in [3.63, 3.8) is 0 Å². The maximum Gasteiger partial charge on any atom is 0.313 e. The standard InChI is InChI=1S/C7H7F2NO3/c1-3(7(11)12)4-2-13-6(10-4)5(8)9/h2-3,5H,1H3,(H,11,12). The highest BCUT2D eigenvalue weighted by atomic mass is 19.3. The summed E-state index contributed by atoms with van der Waals surface area (Å²) in [5, 5.41) is 8.51. The minimum Gasteiger partial charge on any atom is -0.481 e. The van der Waals surface area contributed by atoms with Gasteiger partial charge in [0.1, 0.15) is 6.26 Å². The third-order valence-corrected chi connectivity index (χ3v) is 1.54. The molecule has 0 aromatic carbocycles. The molecule has 1 aromatic rings. The number of rotatable bonds is 3. The Bertz CT molecular complexity index is 310. The molecule has 1 unspecified atom stereocenters. The van der Waals surface area contributed by atoms with Crippen LogP contribution in [-0.2, 0) is 4.79 Å². The molecule has 0 aliphatic rings. The fraction of sp³-hybridized carbons (Fsp3) is 0.429. The number of alkyl halides is 2. The molecule has 1 N–H and O–H groups in total. The molecule has 0 aliphatic heterocycles. The monoisotopic (exact) mass is 191 g/mol. The molecule has 0 saturated carbocycles. The van der Waals surface area contributed by atoms with Crippen molar-refractivity contribution in [2.75, 3.05) is 0 Å². The highest BCUT2D eigenvalue weighted by Crippen LogP contribution is 2.21. The summed E-state index contributed by atoms with van der Waals surface area (Å²) in [5.41, 5.74) is 0.00259. The number of hydrogen-bond acceptors (Lipinski definition) is 3. The quantitative estimate of drug-likeness (QED) is 0.791. The Morgan fingerprint density at radius 3 is 2.69 bits per heavy atom. The molecule has 1 aromatic heterocycles. The summed E-state index contributed by atoms with van der Waals surface area (Å²) in [4.78, 5) is 13.7. The van der Waals surface area contributed by atoms with E-state index in [2.05, 4.69) is 9.40 Å². The third-order valence-electron chi connectivity index (χ3n) is 1.54. The normalized spacial score (nSPS) is 13.2. The predicted octanol–water partition coefficient (Wildman–Crippen LogP) is 1.80. The lowest BCUT2D eigenvalue weighted by Crippen LogP contribution is -2.07. The molecule has 0 radical (unpaired) electrons. The summed E-state index contributed by atoms with van der Waals surface area (Å²) in [6, 6.07) is 0. The van der Waals surface area contributed by atoms with Crippen LogP contribution < -0.4 is 0 Å². The topological polar surface area (TPSA) is 63.3 Å². The highest BCUT2D eigenvalue weighted by Gasteiger charge is 2.21. The second kappa shape index (κ2) is 3.51. The van der Waals surface area contributed by atoms with Gasteiger partial charge in [0, 0.05) is 0 Å². The van der Waals surface area contributed by atoms with Crippen molar-refractivity contribution >= 4 is 5.97 Å². The first kappa shape index (κ1) is 9.63. The van der Waals surface area contributed by atoms with Gasteiger partial charge in [-0.15, -0.1) is 0 Å². The van der Waals surface area contributed by atoms with Gasteiger partial charge in [0.05, 0.1) is 11.6 Å². The summed E-state index contributed by atoms with van der Waals surface area (Å²) in [6.45, 7) is 1.34.